The molecule has 0 saturated carbocycles. The number of rotatable bonds is 15. The van der Waals surface area contributed by atoms with Crippen LogP contribution >= 0.6 is 11.3 Å². The van der Waals surface area contributed by atoms with Crippen molar-refractivity contribution in [2.45, 2.75) is 97.5 Å². The smallest absolute Gasteiger partial charge is 0.267 e. The van der Waals surface area contributed by atoms with E-state index in [2.05, 4.69) is 36.6 Å². The molecule has 3 saturated heterocycles. The third kappa shape index (κ3) is 12.6. The summed E-state index contributed by atoms with van der Waals surface area (Å²) in [4.78, 5) is 75.5. The van der Waals surface area contributed by atoms with Crippen LogP contribution in [0, 0.1) is 35.5 Å². The Labute approximate surface area is 436 Å². The standard InChI is InChI=1S/C57H65N11O5S/c1-37-52(74-36-62-37)43-13-11-39(12-14-43)30-61-55(72)49-28-47(69)35-67(49)56(73)53(57(2,3)4)63-50(70)27-38-17-21-65(22-18-38)33-40-19-23-66(24-20-40)46-31-59-54(60-32-46)45-10-6-8-42(26-45)34-68-51(71)16-15-48(64-68)44-9-5-7-41(25-44)29-58/h5-16,25-26,31-32,36,38,40,47,49,53,69H,17-24,27-28,30,33-35H2,1-4H3,(H,61,72)(H,63,70)/t47-,49+,53-/m1/s1. The quantitative estimate of drug-likeness (QED) is 0.0968. The Morgan fingerprint density at radius 1 is 0.851 bits per heavy atom. The first-order valence-electron chi connectivity index (χ1n) is 25.7. The maximum absolute atomic E-state index is 14.2. The van der Waals surface area contributed by atoms with E-state index in [0.29, 0.717) is 29.4 Å². The van der Waals surface area contributed by atoms with Crippen LogP contribution in [-0.4, -0.2) is 115 Å². The van der Waals surface area contributed by atoms with Crippen molar-refractivity contribution in [1.82, 2.24) is 45.2 Å². The zero-order valence-electron chi connectivity index (χ0n) is 42.6. The summed E-state index contributed by atoms with van der Waals surface area (Å²) in [6.07, 6.45) is 7.35. The highest BCUT2D eigenvalue weighted by atomic mass is 32.1. The van der Waals surface area contributed by atoms with Gasteiger partial charge in [0.15, 0.2) is 5.82 Å². The van der Waals surface area contributed by atoms with E-state index < -0.39 is 23.6 Å². The van der Waals surface area contributed by atoms with Crippen molar-refractivity contribution < 1.29 is 19.5 Å². The van der Waals surface area contributed by atoms with Crippen molar-refractivity contribution in [3.63, 3.8) is 0 Å². The molecule has 0 unspecified atom stereocenters. The van der Waals surface area contributed by atoms with Gasteiger partial charge in [-0.2, -0.15) is 10.4 Å². The first-order chi connectivity index (χ1) is 35.7. The number of hydrogen-bond acceptors (Lipinski definition) is 13. The number of piperidine rings is 2. The fourth-order valence-corrected chi connectivity index (χ4v) is 11.3. The first kappa shape index (κ1) is 51.8. The van der Waals surface area contributed by atoms with Crippen molar-refractivity contribution in [3.8, 4) is 39.2 Å². The number of benzene rings is 3. The second-order valence-corrected chi connectivity index (χ2v) is 22.0. The van der Waals surface area contributed by atoms with Gasteiger partial charge in [-0.1, -0.05) is 75.4 Å². The molecule has 3 atom stereocenters. The molecule has 3 aromatic carbocycles. The SMILES string of the molecule is Cc1ncsc1-c1ccc(CNC(=O)[C@@H]2C[C@@H](O)CN2C(=O)[C@@H](NC(=O)CC2CCN(CC3CCN(c4cnc(-c5cccc(Cn6nc(-c7cccc(C#N)c7)ccc6=O)c5)nc4)CC3)CC2)C(C)(C)C)cc1. The van der Waals surface area contributed by atoms with E-state index >= 15 is 0 Å². The normalized spacial score (nSPS) is 18.2. The predicted octanol–water partition coefficient (Wildman–Crippen LogP) is 6.85. The van der Waals surface area contributed by atoms with Gasteiger partial charge in [0, 0.05) is 62.8 Å². The Balaban J connectivity index is 0.709. The van der Waals surface area contributed by atoms with E-state index in [1.807, 2.05) is 100 Å². The number of aliphatic hydroxyl groups is 1. The number of nitrogens with one attached hydrogen (secondary N) is 2. The molecule has 3 aliphatic rings. The number of likely N-dealkylation sites (tertiary alicyclic amines) is 2. The Kier molecular flexibility index (Phi) is 16.1. The Morgan fingerprint density at radius 2 is 1.57 bits per heavy atom. The number of β-amino-alcohol motifs (C(OH)–C–C–N with tert-alkyl or cyclic N) is 1. The summed E-state index contributed by atoms with van der Waals surface area (Å²) in [7, 11) is 0. The van der Waals surface area contributed by atoms with Crippen molar-refractivity contribution in [3.05, 3.63) is 136 Å². The molecule has 3 amide bonds. The molecule has 3 N–H and O–H groups in total. The molecule has 0 radical (unpaired) electrons. The van der Waals surface area contributed by atoms with Gasteiger partial charge in [0.05, 0.1) is 64.1 Å². The summed E-state index contributed by atoms with van der Waals surface area (Å²) in [5.41, 5.74) is 8.57. The summed E-state index contributed by atoms with van der Waals surface area (Å²) >= 11 is 1.59. The average molecular weight is 1020 g/mol. The molecule has 0 bridgehead atoms. The number of aromatic nitrogens is 5. The molecule has 6 heterocycles. The lowest BCUT2D eigenvalue weighted by molar-refractivity contribution is -0.144. The number of hydrogen-bond donors (Lipinski definition) is 3. The van der Waals surface area contributed by atoms with Crippen molar-refractivity contribution in [2.75, 3.05) is 44.2 Å². The van der Waals surface area contributed by atoms with Crippen LogP contribution in [0.25, 0.3) is 33.1 Å². The number of aliphatic hydroxyl groups excluding tert-OH is 1. The van der Waals surface area contributed by atoms with Gasteiger partial charge < -0.3 is 30.4 Å². The van der Waals surface area contributed by atoms with E-state index in [1.54, 1.807) is 35.6 Å². The minimum atomic E-state index is -0.860. The maximum Gasteiger partial charge on any atom is 0.267 e. The number of thiazole rings is 1. The van der Waals surface area contributed by atoms with Gasteiger partial charge in [-0.15, -0.1) is 11.3 Å². The zero-order chi connectivity index (χ0) is 51.9. The van der Waals surface area contributed by atoms with E-state index in [1.165, 1.54) is 15.6 Å². The van der Waals surface area contributed by atoms with Gasteiger partial charge in [0.25, 0.3) is 5.56 Å². The highest BCUT2D eigenvalue weighted by molar-refractivity contribution is 7.13. The number of nitriles is 1. The number of nitrogens with zero attached hydrogens (tertiary/aromatic N) is 9. The summed E-state index contributed by atoms with van der Waals surface area (Å²) in [6.45, 7) is 13.0. The topological polar surface area (TPSA) is 203 Å². The van der Waals surface area contributed by atoms with Crippen LogP contribution in [-0.2, 0) is 27.5 Å². The number of aryl methyl sites for hydroxylation is 1. The lowest BCUT2D eigenvalue weighted by Crippen LogP contribution is -2.58. The molecule has 16 nitrogen and oxygen atoms in total. The number of amides is 3. The summed E-state index contributed by atoms with van der Waals surface area (Å²) in [5.74, 6) is 0.534. The van der Waals surface area contributed by atoms with Crippen LogP contribution in [0.15, 0.2) is 108 Å². The largest absolute Gasteiger partial charge is 0.391 e. The molecule has 0 spiro atoms. The summed E-state index contributed by atoms with van der Waals surface area (Å²) in [6, 6.07) is 26.6. The van der Waals surface area contributed by atoms with Gasteiger partial charge in [-0.3, -0.25) is 19.2 Å². The highest BCUT2D eigenvalue weighted by Crippen LogP contribution is 2.31. The fourth-order valence-electron chi connectivity index (χ4n) is 10.5. The Bertz CT molecular complexity index is 3040. The van der Waals surface area contributed by atoms with Gasteiger partial charge in [0.2, 0.25) is 17.7 Å². The van der Waals surface area contributed by atoms with Crippen LogP contribution in [0.3, 0.4) is 0 Å². The molecule has 17 heteroatoms. The van der Waals surface area contributed by atoms with E-state index in [9.17, 15) is 29.5 Å². The number of anilines is 1. The monoisotopic (exact) mass is 1020 g/mol. The van der Waals surface area contributed by atoms with Crippen molar-refractivity contribution >= 4 is 34.7 Å². The molecular weight excluding hydrogens is 951 g/mol. The van der Waals surface area contributed by atoms with Crippen LogP contribution in [0.4, 0.5) is 5.69 Å². The lowest BCUT2D eigenvalue weighted by atomic mass is 9.85. The molecule has 74 heavy (non-hydrogen) atoms. The first-order valence-corrected chi connectivity index (χ1v) is 26.6. The van der Waals surface area contributed by atoms with Crippen LogP contribution in [0.2, 0.25) is 0 Å². The van der Waals surface area contributed by atoms with Crippen LogP contribution in [0.5, 0.6) is 0 Å². The van der Waals surface area contributed by atoms with Crippen LogP contribution < -0.4 is 21.1 Å². The van der Waals surface area contributed by atoms with Gasteiger partial charge in [0.1, 0.15) is 12.1 Å². The molecule has 3 aromatic heterocycles. The van der Waals surface area contributed by atoms with E-state index in [-0.39, 0.29) is 55.3 Å². The second-order valence-electron chi connectivity index (χ2n) is 21.2. The zero-order valence-corrected chi connectivity index (χ0v) is 43.4. The average Bonchev–Trinajstić information content (AvgIpc) is 4.03. The predicted molar refractivity (Wildman–Crippen MR) is 286 cm³/mol. The minimum Gasteiger partial charge on any atom is -0.391 e. The van der Waals surface area contributed by atoms with Gasteiger partial charge >= 0.3 is 0 Å². The number of carbonyl (C=O) groups is 3. The molecule has 6 aromatic rings. The summed E-state index contributed by atoms with van der Waals surface area (Å²) in [5, 5.41) is 30.7. The van der Waals surface area contributed by atoms with Gasteiger partial charge in [-0.25, -0.2) is 19.6 Å². The maximum atomic E-state index is 14.2. The molecule has 3 aliphatic heterocycles. The fraction of sp³-hybridized carbons (Fsp3) is 0.421. The Hall–Kier alpha value is -7.13. The molecular formula is C57H65N11O5S. The van der Waals surface area contributed by atoms with Crippen LogP contribution in [0.1, 0.15) is 81.7 Å². The molecule has 9 rings (SSSR count). The molecule has 0 aliphatic carbocycles. The van der Waals surface area contributed by atoms with E-state index in [4.69, 9.17) is 9.97 Å². The van der Waals surface area contributed by atoms with E-state index in [0.717, 1.165) is 102 Å². The van der Waals surface area contributed by atoms with Gasteiger partial charge in [-0.05, 0) is 104 Å². The second kappa shape index (κ2) is 23.0. The molecule has 384 valence electrons. The highest BCUT2D eigenvalue weighted by Gasteiger charge is 2.44. The van der Waals surface area contributed by atoms with Crippen molar-refractivity contribution in [2.24, 2.45) is 17.3 Å². The summed E-state index contributed by atoms with van der Waals surface area (Å²) < 4.78 is 1.43. The lowest BCUT2D eigenvalue weighted by Gasteiger charge is -2.38. The minimum absolute atomic E-state index is 0.0318. The number of carbonyl (C=O) groups excluding carboxylic acids is 3. The van der Waals surface area contributed by atoms with Crippen molar-refractivity contribution in [1.29, 1.82) is 5.26 Å². The third-order valence-corrected chi connectivity index (χ3v) is 15.7. The third-order valence-electron chi connectivity index (χ3n) is 14.7. The Morgan fingerprint density at radius 3 is 2.27 bits per heavy atom. The molecule has 3 fully saturated rings.